The van der Waals surface area contributed by atoms with Crippen LogP contribution in [-0.2, 0) is 0 Å². The van der Waals surface area contributed by atoms with E-state index in [2.05, 4.69) is 0 Å². The zero-order chi connectivity index (χ0) is 10.3. The molecule has 0 aliphatic rings. The Balaban J connectivity index is 2.93. The van der Waals surface area contributed by atoms with Crippen LogP contribution in [-0.4, -0.2) is 4.92 Å². The van der Waals surface area contributed by atoms with Gasteiger partial charge in [0.1, 0.15) is 14.1 Å². The average molecular weight is 323 g/mol. The van der Waals surface area contributed by atoms with E-state index in [0.29, 0.717) is 10.1 Å². The molecule has 0 aliphatic heterocycles. The number of nitrogens with zero attached hydrogens (tertiary/aromatic N) is 1. The van der Waals surface area contributed by atoms with Crippen molar-refractivity contribution in [3.8, 4) is 0 Å². The lowest BCUT2D eigenvalue weighted by Crippen LogP contribution is -1.94. The fourth-order valence-electron chi connectivity index (χ4n) is 1.20. The number of hydrogen-bond acceptors (Lipinski definition) is 3. The summed E-state index contributed by atoms with van der Waals surface area (Å²) in [4.78, 5) is 10.2. The zero-order valence-corrected chi connectivity index (χ0v) is 9.63. The van der Waals surface area contributed by atoms with E-state index >= 15 is 0 Å². The maximum absolute atomic E-state index is 13.2. The Morgan fingerprint density at radius 3 is 2.93 bits per heavy atom. The van der Waals surface area contributed by atoms with E-state index in [4.69, 9.17) is 0 Å². The van der Waals surface area contributed by atoms with Gasteiger partial charge in [-0.25, -0.2) is 4.39 Å². The first-order chi connectivity index (χ1) is 6.61. The summed E-state index contributed by atoms with van der Waals surface area (Å²) >= 11 is 2.91. The Bertz CT molecular complexity index is 525. The number of fused-ring (bicyclic) bond motifs is 1. The largest absolute Gasteiger partial charge is 0.303 e. The van der Waals surface area contributed by atoms with Crippen molar-refractivity contribution in [2.24, 2.45) is 0 Å². The Morgan fingerprint density at radius 2 is 2.29 bits per heavy atom. The smallest absolute Gasteiger partial charge is 0.258 e. The molecule has 1 aromatic carbocycles. The van der Waals surface area contributed by atoms with E-state index in [0.717, 1.165) is 0 Å². The van der Waals surface area contributed by atoms with Crippen molar-refractivity contribution in [1.82, 2.24) is 0 Å². The molecule has 0 fully saturated rings. The molecule has 6 heteroatoms. The van der Waals surface area contributed by atoms with Gasteiger partial charge in [-0.3, -0.25) is 10.1 Å². The van der Waals surface area contributed by atoms with Crippen molar-refractivity contribution < 1.29 is 9.31 Å². The van der Waals surface area contributed by atoms with Gasteiger partial charge in [0.05, 0.1) is 4.92 Å². The van der Waals surface area contributed by atoms with Crippen molar-refractivity contribution in [3.63, 3.8) is 0 Å². The van der Waals surface area contributed by atoms with Crippen LogP contribution in [0.25, 0.3) is 10.1 Å². The van der Waals surface area contributed by atoms with Gasteiger partial charge in [0.15, 0.2) is 0 Å². The fraction of sp³-hybridized carbons (Fsp3) is 0. The van der Waals surface area contributed by atoms with Crippen molar-refractivity contribution in [1.29, 1.82) is 0 Å². The van der Waals surface area contributed by atoms with E-state index in [1.54, 1.807) is 34.0 Å². The van der Waals surface area contributed by atoms with E-state index in [-0.39, 0.29) is 9.26 Å². The van der Waals surface area contributed by atoms with Gasteiger partial charge in [0, 0.05) is 5.39 Å². The van der Waals surface area contributed by atoms with Crippen LogP contribution >= 0.6 is 33.9 Å². The summed E-state index contributed by atoms with van der Waals surface area (Å²) < 4.78 is 13.8. The molecule has 0 spiro atoms. The first kappa shape index (κ1) is 9.78. The van der Waals surface area contributed by atoms with Crippen LogP contribution in [0.5, 0.6) is 0 Å². The number of thiophene rings is 1. The molecule has 0 bridgehead atoms. The van der Waals surface area contributed by atoms with Gasteiger partial charge in [-0.2, -0.15) is 0 Å². The Kier molecular flexibility index (Phi) is 2.40. The van der Waals surface area contributed by atoms with Crippen LogP contribution < -0.4 is 0 Å². The number of hydrogen-bond donors (Lipinski definition) is 0. The maximum Gasteiger partial charge on any atom is 0.303 e. The van der Waals surface area contributed by atoms with Gasteiger partial charge in [-0.1, -0.05) is 0 Å². The third kappa shape index (κ3) is 1.38. The predicted octanol–water partition coefficient (Wildman–Crippen LogP) is 3.55. The monoisotopic (exact) mass is 323 g/mol. The molecule has 0 amide bonds. The van der Waals surface area contributed by atoms with E-state index in [1.807, 2.05) is 0 Å². The highest BCUT2D eigenvalue weighted by Crippen LogP contribution is 2.35. The Labute approximate surface area is 95.8 Å². The predicted molar refractivity (Wildman–Crippen MR) is 61.2 cm³/mol. The highest BCUT2D eigenvalue weighted by Gasteiger charge is 2.21. The molecule has 1 aromatic heterocycles. The molecular formula is C8H3FINO2S. The van der Waals surface area contributed by atoms with Crippen LogP contribution in [0.3, 0.4) is 0 Å². The fourth-order valence-corrected chi connectivity index (χ4v) is 2.91. The number of nitro groups is 1. The van der Waals surface area contributed by atoms with E-state index < -0.39 is 10.7 Å². The molecule has 14 heavy (non-hydrogen) atoms. The summed E-state index contributed by atoms with van der Waals surface area (Å²) in [5.74, 6) is -0.539. The quantitative estimate of drug-likeness (QED) is 0.458. The molecule has 0 atom stereocenters. The SMILES string of the molecule is O=[N+]([O-])c1c(I)c(F)cc2ccsc12. The minimum absolute atomic E-state index is 0.0718. The second kappa shape index (κ2) is 3.43. The number of benzene rings is 1. The van der Waals surface area contributed by atoms with Gasteiger partial charge in [-0.05, 0) is 40.1 Å². The average Bonchev–Trinajstić information content (AvgIpc) is 2.52. The summed E-state index contributed by atoms with van der Waals surface area (Å²) in [5, 5.41) is 13.0. The van der Waals surface area contributed by atoms with Gasteiger partial charge in [0.2, 0.25) is 0 Å². The van der Waals surface area contributed by atoms with Crippen LogP contribution in [0, 0.1) is 19.5 Å². The lowest BCUT2D eigenvalue weighted by Gasteiger charge is -1.98. The number of rotatable bonds is 1. The molecule has 0 radical (unpaired) electrons. The van der Waals surface area contributed by atoms with Crippen molar-refractivity contribution >= 4 is 49.7 Å². The van der Waals surface area contributed by atoms with E-state index in [1.165, 1.54) is 17.4 Å². The van der Waals surface area contributed by atoms with Crippen LogP contribution in [0.4, 0.5) is 10.1 Å². The third-order valence-corrected chi connectivity index (χ3v) is 3.76. The van der Waals surface area contributed by atoms with E-state index in [9.17, 15) is 14.5 Å². The second-order valence-corrected chi connectivity index (χ2v) is 4.61. The minimum Gasteiger partial charge on any atom is -0.258 e. The van der Waals surface area contributed by atoms with Crippen molar-refractivity contribution in [3.05, 3.63) is 37.0 Å². The van der Waals surface area contributed by atoms with Gasteiger partial charge < -0.3 is 0 Å². The first-order valence-corrected chi connectivity index (χ1v) is 5.56. The zero-order valence-electron chi connectivity index (χ0n) is 6.66. The van der Waals surface area contributed by atoms with Gasteiger partial charge >= 0.3 is 5.69 Å². The molecule has 3 nitrogen and oxygen atoms in total. The summed E-state index contributed by atoms with van der Waals surface area (Å²) in [6.07, 6.45) is 0. The molecule has 2 aromatic rings. The number of nitro benzene ring substituents is 1. The lowest BCUT2D eigenvalue weighted by molar-refractivity contribution is -0.384. The summed E-state index contributed by atoms with van der Waals surface area (Å²) in [5.41, 5.74) is -0.129. The molecular weight excluding hydrogens is 320 g/mol. The Morgan fingerprint density at radius 1 is 1.57 bits per heavy atom. The third-order valence-electron chi connectivity index (χ3n) is 1.79. The molecule has 0 N–H and O–H groups in total. The summed E-state index contributed by atoms with van der Waals surface area (Å²) in [6.45, 7) is 0. The highest BCUT2D eigenvalue weighted by atomic mass is 127. The molecule has 0 saturated heterocycles. The topological polar surface area (TPSA) is 43.1 Å². The van der Waals surface area contributed by atoms with Gasteiger partial charge in [-0.15, -0.1) is 11.3 Å². The molecule has 0 unspecified atom stereocenters. The van der Waals surface area contributed by atoms with Crippen LogP contribution in [0.2, 0.25) is 0 Å². The molecule has 1 heterocycles. The lowest BCUT2D eigenvalue weighted by atomic mass is 10.2. The summed E-state index contributed by atoms with van der Waals surface area (Å²) in [7, 11) is 0. The summed E-state index contributed by atoms with van der Waals surface area (Å²) in [6, 6.07) is 2.99. The van der Waals surface area contributed by atoms with Crippen molar-refractivity contribution in [2.45, 2.75) is 0 Å². The normalized spacial score (nSPS) is 10.7. The second-order valence-electron chi connectivity index (χ2n) is 2.62. The van der Waals surface area contributed by atoms with Crippen molar-refractivity contribution in [2.75, 3.05) is 0 Å². The molecule has 0 aliphatic carbocycles. The minimum atomic E-state index is -0.539. The van der Waals surface area contributed by atoms with Crippen LogP contribution in [0.15, 0.2) is 17.5 Å². The standard InChI is InChI=1S/C8H3FINO2S/c9-5-3-4-1-2-14-8(4)7(6(5)10)11(12)13/h1-3H. The molecule has 2 rings (SSSR count). The Hall–Kier alpha value is -0.760. The highest BCUT2D eigenvalue weighted by molar-refractivity contribution is 14.1. The maximum atomic E-state index is 13.2. The molecule has 0 saturated carbocycles. The van der Waals surface area contributed by atoms with Crippen LogP contribution in [0.1, 0.15) is 0 Å². The van der Waals surface area contributed by atoms with Gasteiger partial charge in [0.25, 0.3) is 0 Å². The molecule has 72 valence electrons. The number of halogens is 2. The first-order valence-electron chi connectivity index (χ1n) is 3.61.